The van der Waals surface area contributed by atoms with E-state index < -0.39 is 28.8 Å². The fraction of sp³-hybridized carbons (Fsp3) is 0.333. The van der Waals surface area contributed by atoms with Gasteiger partial charge in [-0.25, -0.2) is 8.78 Å². The molecule has 0 heterocycles. The van der Waals surface area contributed by atoms with Crippen LogP contribution < -0.4 is 5.73 Å². The van der Waals surface area contributed by atoms with Crippen LogP contribution in [0.4, 0.5) is 14.5 Å². The summed E-state index contributed by atoms with van der Waals surface area (Å²) in [7, 11) is 0. The first-order valence-electron chi connectivity index (χ1n) is 4.42. The molecule has 0 spiro atoms. The van der Waals surface area contributed by atoms with Gasteiger partial charge < -0.3 is 10.8 Å². The van der Waals surface area contributed by atoms with Crippen LogP contribution in [0.3, 0.4) is 0 Å². The zero-order chi connectivity index (χ0) is 12.3. The summed E-state index contributed by atoms with van der Waals surface area (Å²) in [5, 5.41) is 19.6. The Morgan fingerprint density at radius 1 is 1.50 bits per heavy atom. The summed E-state index contributed by atoms with van der Waals surface area (Å²) in [6, 6.07) is 2.07. The lowest BCUT2D eigenvalue weighted by atomic mass is 10.1. The predicted molar refractivity (Wildman–Crippen MR) is 52.4 cm³/mol. The van der Waals surface area contributed by atoms with Gasteiger partial charge in [-0.1, -0.05) is 6.07 Å². The molecule has 0 amide bonds. The number of halogens is 2. The van der Waals surface area contributed by atoms with E-state index in [1.807, 2.05) is 0 Å². The molecule has 0 aromatic heterocycles. The average Bonchev–Trinajstić information content (AvgIpc) is 2.16. The van der Waals surface area contributed by atoms with Crippen molar-refractivity contribution >= 4 is 5.69 Å². The third kappa shape index (κ3) is 2.86. The minimum absolute atomic E-state index is 0.150. The molecule has 0 saturated heterocycles. The van der Waals surface area contributed by atoms with Crippen LogP contribution in [0, 0.1) is 10.1 Å². The summed E-state index contributed by atoms with van der Waals surface area (Å²) in [5.41, 5.74) is 5.00. The SMILES string of the molecule is NC(Cc1ccc([N+](=O)[O-])c(O)c1)C(F)F. The molecule has 3 N–H and O–H groups in total. The maximum Gasteiger partial charge on any atom is 0.310 e. The molecule has 0 aliphatic rings. The smallest absolute Gasteiger partial charge is 0.310 e. The first-order valence-corrected chi connectivity index (χ1v) is 4.42. The van der Waals surface area contributed by atoms with Gasteiger partial charge in [-0.05, 0) is 18.1 Å². The van der Waals surface area contributed by atoms with Gasteiger partial charge >= 0.3 is 5.69 Å². The molecule has 0 aliphatic heterocycles. The second-order valence-electron chi connectivity index (χ2n) is 3.28. The molecule has 1 aromatic carbocycles. The van der Waals surface area contributed by atoms with Crippen molar-refractivity contribution in [2.45, 2.75) is 18.9 Å². The summed E-state index contributed by atoms with van der Waals surface area (Å²) in [5.74, 6) is -0.552. The van der Waals surface area contributed by atoms with E-state index in [1.165, 1.54) is 6.07 Å². The molecule has 1 unspecified atom stereocenters. The van der Waals surface area contributed by atoms with Gasteiger partial charge in [-0.15, -0.1) is 0 Å². The van der Waals surface area contributed by atoms with Crippen LogP contribution in [-0.2, 0) is 6.42 Å². The van der Waals surface area contributed by atoms with Gasteiger partial charge in [-0.3, -0.25) is 10.1 Å². The van der Waals surface area contributed by atoms with Crippen molar-refractivity contribution in [1.82, 2.24) is 0 Å². The number of nitro groups is 1. The van der Waals surface area contributed by atoms with Gasteiger partial charge in [0.25, 0.3) is 6.43 Å². The summed E-state index contributed by atoms with van der Waals surface area (Å²) < 4.78 is 24.3. The van der Waals surface area contributed by atoms with E-state index in [0.29, 0.717) is 5.56 Å². The largest absolute Gasteiger partial charge is 0.502 e. The molecule has 1 atom stereocenters. The van der Waals surface area contributed by atoms with Crippen LogP contribution in [-0.4, -0.2) is 22.5 Å². The van der Waals surface area contributed by atoms with E-state index in [1.54, 1.807) is 0 Å². The molecule has 0 bridgehead atoms. The fourth-order valence-electron chi connectivity index (χ4n) is 1.21. The highest BCUT2D eigenvalue weighted by Crippen LogP contribution is 2.26. The third-order valence-corrected chi connectivity index (χ3v) is 2.03. The number of benzene rings is 1. The van der Waals surface area contributed by atoms with Crippen molar-refractivity contribution in [3.8, 4) is 5.75 Å². The number of hydrogen-bond acceptors (Lipinski definition) is 4. The number of rotatable bonds is 4. The van der Waals surface area contributed by atoms with E-state index in [9.17, 15) is 24.0 Å². The van der Waals surface area contributed by atoms with Gasteiger partial charge in [0.05, 0.1) is 11.0 Å². The summed E-state index contributed by atoms with van der Waals surface area (Å²) in [6.07, 6.45) is -2.82. The second kappa shape index (κ2) is 4.84. The fourth-order valence-corrected chi connectivity index (χ4v) is 1.21. The minimum atomic E-state index is -2.67. The van der Waals surface area contributed by atoms with Gasteiger partial charge in [0.1, 0.15) is 0 Å². The van der Waals surface area contributed by atoms with Crippen LogP contribution in [0.5, 0.6) is 5.75 Å². The van der Waals surface area contributed by atoms with Gasteiger partial charge in [0.2, 0.25) is 0 Å². The molecular weight excluding hydrogens is 222 g/mol. The Labute approximate surface area is 89.6 Å². The standard InChI is InChI=1S/C9H10F2N2O3/c10-9(11)6(12)3-5-1-2-7(13(15)16)8(14)4-5/h1-2,4,6,9,14H,3,12H2. The Hall–Kier alpha value is -1.76. The van der Waals surface area contributed by atoms with Crippen LogP contribution >= 0.6 is 0 Å². The number of nitrogens with zero attached hydrogens (tertiary/aromatic N) is 1. The number of phenolic OH excluding ortho intramolecular Hbond substituents is 1. The van der Waals surface area contributed by atoms with Crippen molar-refractivity contribution < 1.29 is 18.8 Å². The monoisotopic (exact) mass is 232 g/mol. The molecule has 7 heteroatoms. The molecular formula is C9H10F2N2O3. The molecule has 16 heavy (non-hydrogen) atoms. The van der Waals surface area contributed by atoms with E-state index in [2.05, 4.69) is 0 Å². The van der Waals surface area contributed by atoms with Crippen LogP contribution in [0.15, 0.2) is 18.2 Å². The van der Waals surface area contributed by atoms with Gasteiger partial charge in [-0.2, -0.15) is 0 Å². The highest BCUT2D eigenvalue weighted by Gasteiger charge is 2.18. The average molecular weight is 232 g/mol. The zero-order valence-corrected chi connectivity index (χ0v) is 8.14. The lowest BCUT2D eigenvalue weighted by molar-refractivity contribution is -0.385. The zero-order valence-electron chi connectivity index (χ0n) is 8.14. The van der Waals surface area contributed by atoms with Gasteiger partial charge in [0, 0.05) is 6.07 Å². The molecule has 0 saturated carbocycles. The summed E-state index contributed by atoms with van der Waals surface area (Å²) in [6.45, 7) is 0. The van der Waals surface area contributed by atoms with Crippen LogP contribution in [0.2, 0.25) is 0 Å². The summed E-state index contributed by atoms with van der Waals surface area (Å²) >= 11 is 0. The molecule has 88 valence electrons. The number of nitrogens with two attached hydrogens (primary N) is 1. The Balaban J connectivity index is 2.85. The minimum Gasteiger partial charge on any atom is -0.502 e. The quantitative estimate of drug-likeness (QED) is 0.607. The molecule has 0 radical (unpaired) electrons. The molecule has 1 rings (SSSR count). The lowest BCUT2D eigenvalue weighted by Gasteiger charge is -2.10. The lowest BCUT2D eigenvalue weighted by Crippen LogP contribution is -2.30. The van der Waals surface area contributed by atoms with E-state index in [0.717, 1.165) is 12.1 Å². The summed E-state index contributed by atoms with van der Waals surface area (Å²) in [4.78, 5) is 9.61. The maximum atomic E-state index is 12.1. The van der Waals surface area contributed by atoms with E-state index in [-0.39, 0.29) is 6.42 Å². The van der Waals surface area contributed by atoms with E-state index in [4.69, 9.17) is 5.73 Å². The number of phenols is 1. The third-order valence-electron chi connectivity index (χ3n) is 2.03. The Bertz CT molecular complexity index is 398. The highest BCUT2D eigenvalue weighted by atomic mass is 19.3. The normalized spacial score (nSPS) is 12.8. The van der Waals surface area contributed by atoms with Crippen LogP contribution in [0.25, 0.3) is 0 Å². The molecule has 0 fully saturated rings. The Morgan fingerprint density at radius 2 is 2.12 bits per heavy atom. The number of hydrogen-bond donors (Lipinski definition) is 2. The highest BCUT2D eigenvalue weighted by molar-refractivity contribution is 5.47. The Kier molecular flexibility index (Phi) is 3.73. The van der Waals surface area contributed by atoms with Crippen molar-refractivity contribution in [3.05, 3.63) is 33.9 Å². The molecule has 5 nitrogen and oxygen atoms in total. The number of aromatic hydroxyl groups is 1. The second-order valence-corrected chi connectivity index (χ2v) is 3.28. The predicted octanol–water partition coefficient (Wildman–Crippen LogP) is 1.44. The van der Waals surface area contributed by atoms with Crippen LogP contribution in [0.1, 0.15) is 5.56 Å². The number of alkyl halides is 2. The van der Waals surface area contributed by atoms with E-state index >= 15 is 0 Å². The maximum absolute atomic E-state index is 12.1. The van der Waals surface area contributed by atoms with Gasteiger partial charge in [0.15, 0.2) is 5.75 Å². The van der Waals surface area contributed by atoms with Crippen molar-refractivity contribution in [2.24, 2.45) is 5.73 Å². The van der Waals surface area contributed by atoms with Crippen molar-refractivity contribution in [2.75, 3.05) is 0 Å². The first-order chi connectivity index (χ1) is 7.41. The van der Waals surface area contributed by atoms with Crippen molar-refractivity contribution in [1.29, 1.82) is 0 Å². The Morgan fingerprint density at radius 3 is 2.56 bits per heavy atom. The first kappa shape index (κ1) is 12.3. The van der Waals surface area contributed by atoms with Crippen molar-refractivity contribution in [3.63, 3.8) is 0 Å². The number of nitro benzene ring substituents is 1. The molecule has 1 aromatic rings. The topological polar surface area (TPSA) is 89.4 Å². The molecule has 0 aliphatic carbocycles.